The Morgan fingerprint density at radius 2 is 2.14 bits per heavy atom. The first kappa shape index (κ1) is 18.6. The molecule has 3 aromatic rings. The smallest absolute Gasteiger partial charge is 0.295 e. The lowest BCUT2D eigenvalue weighted by molar-refractivity contribution is 0.147. The minimum absolute atomic E-state index is 0.0732. The van der Waals surface area contributed by atoms with Crippen LogP contribution in [0.25, 0.3) is 11.1 Å². The highest BCUT2D eigenvalue weighted by atomic mass is 19.1. The standard InChI is InChI=1S/C20H24FN5O2/c1-14-5-8-19(27)26(24-14)11-10-25-9-3-2-4-16(25)13-22-20-23-17-7-6-15(21)12-18(17)28-20/h5-8,12,16H,2-4,9-11,13H2,1H3,(H,22,23). The number of anilines is 1. The van der Waals surface area contributed by atoms with Crippen molar-refractivity contribution in [3.05, 3.63) is 52.2 Å². The monoisotopic (exact) mass is 385 g/mol. The van der Waals surface area contributed by atoms with Crippen molar-refractivity contribution in [2.75, 3.05) is 25.0 Å². The van der Waals surface area contributed by atoms with E-state index in [9.17, 15) is 9.18 Å². The fourth-order valence-corrected chi connectivity index (χ4v) is 3.70. The highest BCUT2D eigenvalue weighted by Gasteiger charge is 2.22. The molecule has 3 heterocycles. The van der Waals surface area contributed by atoms with E-state index in [0.29, 0.717) is 36.2 Å². The Morgan fingerprint density at radius 1 is 1.25 bits per heavy atom. The van der Waals surface area contributed by atoms with E-state index in [1.54, 1.807) is 18.2 Å². The SMILES string of the molecule is Cc1ccc(=O)n(CCN2CCCCC2CNc2nc3ccc(F)cc3o2)n1. The summed E-state index contributed by atoms with van der Waals surface area (Å²) in [5.41, 5.74) is 1.84. The number of fused-ring (bicyclic) bond motifs is 1. The molecular formula is C20H24FN5O2. The molecule has 0 radical (unpaired) electrons. The van der Waals surface area contributed by atoms with Crippen molar-refractivity contribution in [2.45, 2.75) is 38.8 Å². The van der Waals surface area contributed by atoms with Gasteiger partial charge >= 0.3 is 0 Å². The molecule has 1 aliphatic heterocycles. The van der Waals surface area contributed by atoms with Crippen molar-refractivity contribution < 1.29 is 8.81 Å². The molecule has 1 aromatic carbocycles. The summed E-state index contributed by atoms with van der Waals surface area (Å²) < 4.78 is 20.4. The van der Waals surface area contributed by atoms with E-state index in [-0.39, 0.29) is 11.4 Å². The summed E-state index contributed by atoms with van der Waals surface area (Å²) in [7, 11) is 0. The van der Waals surface area contributed by atoms with Gasteiger partial charge in [0.2, 0.25) is 0 Å². The Morgan fingerprint density at radius 3 is 3.04 bits per heavy atom. The normalized spacial score (nSPS) is 17.9. The molecule has 4 rings (SSSR count). The van der Waals surface area contributed by atoms with Crippen molar-refractivity contribution in [2.24, 2.45) is 0 Å². The van der Waals surface area contributed by atoms with Gasteiger partial charge in [-0.15, -0.1) is 0 Å². The molecule has 0 bridgehead atoms. The molecule has 2 aromatic heterocycles. The average Bonchev–Trinajstić information content (AvgIpc) is 3.09. The molecule has 1 saturated heterocycles. The lowest BCUT2D eigenvalue weighted by Crippen LogP contribution is -2.45. The molecule has 0 saturated carbocycles. The molecule has 1 fully saturated rings. The molecule has 1 N–H and O–H groups in total. The van der Waals surface area contributed by atoms with Crippen LogP contribution in [0.4, 0.5) is 10.4 Å². The predicted molar refractivity (Wildman–Crippen MR) is 105 cm³/mol. The van der Waals surface area contributed by atoms with E-state index >= 15 is 0 Å². The summed E-state index contributed by atoms with van der Waals surface area (Å²) in [6.45, 7) is 4.90. The first-order valence-corrected chi connectivity index (χ1v) is 9.67. The van der Waals surface area contributed by atoms with E-state index in [4.69, 9.17) is 4.42 Å². The van der Waals surface area contributed by atoms with Crippen molar-refractivity contribution in [3.63, 3.8) is 0 Å². The largest absolute Gasteiger partial charge is 0.423 e. The van der Waals surface area contributed by atoms with Crippen LogP contribution in [0.2, 0.25) is 0 Å². The molecule has 7 nitrogen and oxygen atoms in total. The molecule has 0 spiro atoms. The van der Waals surface area contributed by atoms with Crippen LogP contribution in [0.1, 0.15) is 25.0 Å². The first-order chi connectivity index (χ1) is 13.6. The number of oxazole rings is 1. The molecule has 8 heteroatoms. The quantitative estimate of drug-likeness (QED) is 0.703. The third-order valence-electron chi connectivity index (χ3n) is 5.19. The second-order valence-electron chi connectivity index (χ2n) is 7.23. The highest BCUT2D eigenvalue weighted by molar-refractivity contribution is 5.74. The van der Waals surface area contributed by atoms with Gasteiger partial charge in [-0.05, 0) is 44.5 Å². The van der Waals surface area contributed by atoms with E-state index in [2.05, 4.69) is 20.3 Å². The molecule has 0 amide bonds. The summed E-state index contributed by atoms with van der Waals surface area (Å²) in [4.78, 5) is 18.7. The third-order valence-corrected chi connectivity index (χ3v) is 5.19. The Kier molecular flexibility index (Phi) is 5.38. The number of halogens is 1. The van der Waals surface area contributed by atoms with Crippen molar-refractivity contribution in [3.8, 4) is 0 Å². The maximum Gasteiger partial charge on any atom is 0.295 e. The molecular weight excluding hydrogens is 361 g/mol. The molecule has 0 aliphatic carbocycles. The average molecular weight is 385 g/mol. The fourth-order valence-electron chi connectivity index (χ4n) is 3.70. The second-order valence-corrected chi connectivity index (χ2v) is 7.23. The zero-order valence-corrected chi connectivity index (χ0v) is 15.9. The number of rotatable bonds is 6. The molecule has 1 unspecified atom stereocenters. The summed E-state index contributed by atoms with van der Waals surface area (Å²) in [5.74, 6) is -0.339. The van der Waals surface area contributed by atoms with Crippen LogP contribution in [0.3, 0.4) is 0 Å². The van der Waals surface area contributed by atoms with Gasteiger partial charge in [0.1, 0.15) is 11.3 Å². The zero-order chi connectivity index (χ0) is 19.5. The number of benzene rings is 1. The van der Waals surface area contributed by atoms with Gasteiger partial charge < -0.3 is 9.73 Å². The summed E-state index contributed by atoms with van der Waals surface area (Å²) in [6.07, 6.45) is 3.39. The topological polar surface area (TPSA) is 76.2 Å². The summed E-state index contributed by atoms with van der Waals surface area (Å²) in [5, 5.41) is 7.56. The Labute approximate surface area is 162 Å². The Bertz CT molecular complexity index is 1020. The lowest BCUT2D eigenvalue weighted by Gasteiger charge is -2.35. The summed E-state index contributed by atoms with van der Waals surface area (Å²) >= 11 is 0. The number of aromatic nitrogens is 3. The second kappa shape index (κ2) is 8.10. The van der Waals surface area contributed by atoms with Gasteiger partial charge in [-0.1, -0.05) is 6.42 Å². The Hall–Kier alpha value is -2.74. The molecule has 1 aliphatic rings. The number of nitrogens with one attached hydrogen (secondary N) is 1. The third kappa shape index (κ3) is 4.22. The van der Waals surface area contributed by atoms with Crippen LogP contribution in [0, 0.1) is 12.7 Å². The van der Waals surface area contributed by atoms with Crippen LogP contribution >= 0.6 is 0 Å². The number of hydrogen-bond acceptors (Lipinski definition) is 6. The van der Waals surface area contributed by atoms with Gasteiger partial charge in [0.15, 0.2) is 5.58 Å². The van der Waals surface area contributed by atoms with Crippen LogP contribution < -0.4 is 10.9 Å². The van der Waals surface area contributed by atoms with Gasteiger partial charge in [-0.3, -0.25) is 9.69 Å². The van der Waals surface area contributed by atoms with Crippen LogP contribution in [0.5, 0.6) is 0 Å². The lowest BCUT2D eigenvalue weighted by atomic mass is 10.0. The van der Waals surface area contributed by atoms with Crippen molar-refractivity contribution in [1.29, 1.82) is 0 Å². The Balaban J connectivity index is 1.39. The van der Waals surface area contributed by atoms with Crippen LogP contribution in [-0.4, -0.2) is 45.3 Å². The van der Waals surface area contributed by atoms with E-state index < -0.39 is 0 Å². The van der Waals surface area contributed by atoms with Gasteiger partial charge in [0, 0.05) is 31.3 Å². The van der Waals surface area contributed by atoms with Gasteiger partial charge in [0.05, 0.1) is 12.2 Å². The number of aryl methyl sites for hydroxylation is 1. The highest BCUT2D eigenvalue weighted by Crippen LogP contribution is 2.21. The maximum absolute atomic E-state index is 13.3. The molecule has 148 valence electrons. The van der Waals surface area contributed by atoms with E-state index in [0.717, 1.165) is 31.6 Å². The van der Waals surface area contributed by atoms with E-state index in [1.165, 1.54) is 23.2 Å². The maximum atomic E-state index is 13.3. The summed E-state index contributed by atoms with van der Waals surface area (Å²) in [6, 6.07) is 8.35. The predicted octanol–water partition coefficient (Wildman–Crippen LogP) is 2.80. The fraction of sp³-hybridized carbons (Fsp3) is 0.450. The zero-order valence-electron chi connectivity index (χ0n) is 15.9. The van der Waals surface area contributed by atoms with Crippen LogP contribution in [-0.2, 0) is 6.54 Å². The van der Waals surface area contributed by atoms with Crippen LogP contribution in [0.15, 0.2) is 39.5 Å². The van der Waals surface area contributed by atoms with Gasteiger partial charge in [-0.2, -0.15) is 10.1 Å². The minimum Gasteiger partial charge on any atom is -0.423 e. The molecule has 1 atom stereocenters. The number of piperidine rings is 1. The minimum atomic E-state index is -0.339. The van der Waals surface area contributed by atoms with E-state index in [1.807, 2.05) is 6.92 Å². The number of likely N-dealkylation sites (tertiary alicyclic amines) is 1. The van der Waals surface area contributed by atoms with Crippen molar-refractivity contribution >= 4 is 17.1 Å². The first-order valence-electron chi connectivity index (χ1n) is 9.67. The molecule has 28 heavy (non-hydrogen) atoms. The number of nitrogens with zero attached hydrogens (tertiary/aromatic N) is 4. The van der Waals surface area contributed by atoms with Crippen molar-refractivity contribution in [1.82, 2.24) is 19.7 Å². The number of hydrogen-bond donors (Lipinski definition) is 1. The van der Waals surface area contributed by atoms with Gasteiger partial charge in [-0.25, -0.2) is 9.07 Å². The van der Waals surface area contributed by atoms with Gasteiger partial charge in [0.25, 0.3) is 11.6 Å².